The van der Waals surface area contributed by atoms with Crippen molar-refractivity contribution in [3.05, 3.63) is 54.1 Å². The van der Waals surface area contributed by atoms with Gasteiger partial charge in [0.25, 0.3) is 0 Å². The minimum absolute atomic E-state index is 0. The lowest BCUT2D eigenvalue weighted by Crippen LogP contribution is -2.38. The normalized spacial score (nSPS) is 14.8. The second-order valence-electron chi connectivity index (χ2n) is 5.64. The number of ether oxygens (including phenoxy) is 1. The lowest BCUT2D eigenvalue weighted by molar-refractivity contribution is 0.145. The lowest BCUT2D eigenvalue weighted by Gasteiger charge is -2.22. The van der Waals surface area contributed by atoms with Crippen LogP contribution in [0, 0.1) is 11.6 Å². The number of fused-ring (bicyclic) bond motifs is 1. The molecule has 2 aromatic carbocycles. The SMILES string of the molecule is CNCCOCCN1c2ccccc2N(c2ccc(F)cc2F)S1(=O)=O.Cl. The van der Waals surface area contributed by atoms with Crippen molar-refractivity contribution in [2.75, 3.05) is 42.0 Å². The fourth-order valence-corrected chi connectivity index (χ4v) is 4.46. The van der Waals surface area contributed by atoms with Crippen molar-refractivity contribution in [3.8, 4) is 0 Å². The van der Waals surface area contributed by atoms with E-state index in [4.69, 9.17) is 4.74 Å². The van der Waals surface area contributed by atoms with Crippen LogP contribution in [-0.4, -0.2) is 41.8 Å². The molecule has 0 amide bonds. The zero-order chi connectivity index (χ0) is 18.7. The first-order valence-electron chi connectivity index (χ1n) is 8.06. The van der Waals surface area contributed by atoms with Crippen molar-refractivity contribution in [2.45, 2.75) is 0 Å². The molecule has 0 aromatic heterocycles. The predicted molar refractivity (Wildman–Crippen MR) is 103 cm³/mol. The van der Waals surface area contributed by atoms with Gasteiger partial charge in [0.05, 0.1) is 36.8 Å². The quantitative estimate of drug-likeness (QED) is 0.701. The molecule has 0 aliphatic carbocycles. The van der Waals surface area contributed by atoms with E-state index < -0.39 is 21.8 Å². The van der Waals surface area contributed by atoms with Crippen LogP contribution in [0.25, 0.3) is 0 Å². The summed E-state index contributed by atoms with van der Waals surface area (Å²) in [4.78, 5) is 0. The molecule has 0 saturated heterocycles. The first-order chi connectivity index (χ1) is 12.5. The number of hydrogen-bond donors (Lipinski definition) is 1. The van der Waals surface area contributed by atoms with Crippen LogP contribution in [-0.2, 0) is 14.9 Å². The van der Waals surface area contributed by atoms with Crippen LogP contribution in [0.2, 0.25) is 0 Å². The summed E-state index contributed by atoms with van der Waals surface area (Å²) in [7, 11) is -2.27. The average molecular weight is 420 g/mol. The molecule has 1 aliphatic heterocycles. The van der Waals surface area contributed by atoms with Crippen molar-refractivity contribution >= 4 is 39.7 Å². The third kappa shape index (κ3) is 4.16. The Labute approximate surface area is 163 Å². The first kappa shape index (κ1) is 21.4. The summed E-state index contributed by atoms with van der Waals surface area (Å²) < 4.78 is 61.0. The Morgan fingerprint density at radius 3 is 2.41 bits per heavy atom. The van der Waals surface area contributed by atoms with Gasteiger partial charge in [0.1, 0.15) is 5.82 Å². The van der Waals surface area contributed by atoms with Crippen LogP contribution in [0.5, 0.6) is 0 Å². The van der Waals surface area contributed by atoms with Gasteiger partial charge in [-0.15, -0.1) is 12.4 Å². The van der Waals surface area contributed by atoms with Crippen molar-refractivity contribution in [2.24, 2.45) is 0 Å². The number of halogens is 3. The Morgan fingerprint density at radius 2 is 1.74 bits per heavy atom. The summed E-state index contributed by atoms with van der Waals surface area (Å²) in [6, 6.07) is 9.39. The molecule has 0 fully saturated rings. The Bertz CT molecular complexity index is 899. The Kier molecular flexibility index (Phi) is 6.99. The third-order valence-electron chi connectivity index (χ3n) is 3.94. The molecule has 0 unspecified atom stereocenters. The number of anilines is 3. The summed E-state index contributed by atoms with van der Waals surface area (Å²) in [6.07, 6.45) is 0. The maximum Gasteiger partial charge on any atom is 0.331 e. The number of benzene rings is 2. The molecule has 0 atom stereocenters. The molecule has 6 nitrogen and oxygen atoms in total. The first-order valence-corrected chi connectivity index (χ1v) is 9.46. The van der Waals surface area contributed by atoms with Crippen LogP contribution in [0.4, 0.5) is 25.8 Å². The monoisotopic (exact) mass is 419 g/mol. The van der Waals surface area contributed by atoms with E-state index in [1.807, 2.05) is 0 Å². The topological polar surface area (TPSA) is 61.9 Å². The number of para-hydroxylation sites is 2. The maximum atomic E-state index is 14.3. The van der Waals surface area contributed by atoms with E-state index in [0.29, 0.717) is 30.6 Å². The number of likely N-dealkylation sites (N-methyl/N-ethyl adjacent to an activating group) is 1. The molecular formula is C17H20ClF2N3O3S. The van der Waals surface area contributed by atoms with Gasteiger partial charge >= 0.3 is 10.2 Å². The highest BCUT2D eigenvalue weighted by Crippen LogP contribution is 2.45. The second-order valence-corrected chi connectivity index (χ2v) is 7.35. The molecule has 0 saturated carbocycles. The molecule has 0 spiro atoms. The number of hydrogen-bond acceptors (Lipinski definition) is 4. The van der Waals surface area contributed by atoms with Gasteiger partial charge in [-0.1, -0.05) is 12.1 Å². The molecule has 0 radical (unpaired) electrons. The smallest absolute Gasteiger partial charge is 0.331 e. The summed E-state index contributed by atoms with van der Waals surface area (Å²) in [5.74, 6) is -1.72. The van der Waals surface area contributed by atoms with Crippen LogP contribution in [0.3, 0.4) is 0 Å². The molecular weight excluding hydrogens is 400 g/mol. The van der Waals surface area contributed by atoms with Gasteiger partial charge in [0.2, 0.25) is 0 Å². The fourth-order valence-electron chi connectivity index (χ4n) is 2.75. The maximum absolute atomic E-state index is 14.3. The third-order valence-corrected chi connectivity index (χ3v) is 5.73. The molecule has 27 heavy (non-hydrogen) atoms. The van der Waals surface area contributed by atoms with Crippen LogP contribution in [0.15, 0.2) is 42.5 Å². The molecule has 1 heterocycles. The van der Waals surface area contributed by atoms with Gasteiger partial charge in [0.15, 0.2) is 5.82 Å². The minimum Gasteiger partial charge on any atom is -0.378 e. The molecule has 1 aliphatic rings. The number of nitrogens with one attached hydrogen (secondary N) is 1. The van der Waals surface area contributed by atoms with Gasteiger partial charge in [-0.3, -0.25) is 0 Å². The average Bonchev–Trinajstić information content (AvgIpc) is 2.82. The Hall–Kier alpha value is -1.94. The van der Waals surface area contributed by atoms with E-state index in [1.165, 1.54) is 4.31 Å². The van der Waals surface area contributed by atoms with Crippen molar-refractivity contribution in [3.63, 3.8) is 0 Å². The molecule has 148 valence electrons. The zero-order valence-corrected chi connectivity index (χ0v) is 16.2. The Morgan fingerprint density at radius 1 is 1.04 bits per heavy atom. The molecule has 3 rings (SSSR count). The van der Waals surface area contributed by atoms with E-state index in [1.54, 1.807) is 31.3 Å². The minimum atomic E-state index is -4.06. The van der Waals surface area contributed by atoms with Gasteiger partial charge < -0.3 is 10.1 Å². The highest BCUT2D eigenvalue weighted by molar-refractivity contribution is 7.95. The second kappa shape index (κ2) is 8.83. The summed E-state index contributed by atoms with van der Waals surface area (Å²) in [6.45, 7) is 1.37. The summed E-state index contributed by atoms with van der Waals surface area (Å²) >= 11 is 0. The standard InChI is InChI=1S/C17H19F2N3O3S.ClH/c1-20-8-10-25-11-9-21-16-4-2-3-5-17(16)22(26(21,23)24)15-7-6-13(18)12-14(15)19;/h2-7,12,20H,8-11H2,1H3;1H. The van der Waals surface area contributed by atoms with Crippen LogP contribution in [0.1, 0.15) is 0 Å². The predicted octanol–water partition coefficient (Wildman–Crippen LogP) is 2.83. The fraction of sp³-hybridized carbons (Fsp3) is 0.294. The van der Waals surface area contributed by atoms with E-state index in [2.05, 4.69) is 5.32 Å². The van der Waals surface area contributed by atoms with Gasteiger partial charge in [-0.25, -0.2) is 17.4 Å². The largest absolute Gasteiger partial charge is 0.378 e. The number of rotatable bonds is 7. The van der Waals surface area contributed by atoms with Crippen molar-refractivity contribution < 1.29 is 21.9 Å². The lowest BCUT2D eigenvalue weighted by atomic mass is 10.2. The van der Waals surface area contributed by atoms with Crippen LogP contribution >= 0.6 is 12.4 Å². The van der Waals surface area contributed by atoms with Gasteiger partial charge in [-0.2, -0.15) is 8.42 Å². The highest BCUT2D eigenvalue weighted by atomic mass is 35.5. The van der Waals surface area contributed by atoms with E-state index in [9.17, 15) is 17.2 Å². The molecule has 2 aromatic rings. The number of nitrogens with zero attached hydrogens (tertiary/aromatic N) is 2. The van der Waals surface area contributed by atoms with Crippen molar-refractivity contribution in [1.29, 1.82) is 0 Å². The van der Waals surface area contributed by atoms with Crippen molar-refractivity contribution in [1.82, 2.24) is 5.32 Å². The van der Waals surface area contributed by atoms with Crippen LogP contribution < -0.4 is 13.9 Å². The summed E-state index contributed by atoms with van der Waals surface area (Å²) in [5, 5.41) is 2.93. The van der Waals surface area contributed by atoms with E-state index in [0.717, 1.165) is 16.4 Å². The van der Waals surface area contributed by atoms with E-state index in [-0.39, 0.29) is 31.2 Å². The summed E-state index contributed by atoms with van der Waals surface area (Å²) in [5.41, 5.74) is 0.513. The Balaban J connectivity index is 0.00000261. The van der Waals surface area contributed by atoms with Gasteiger partial charge in [-0.05, 0) is 31.3 Å². The molecule has 1 N–H and O–H groups in total. The van der Waals surface area contributed by atoms with Gasteiger partial charge in [0, 0.05) is 12.6 Å². The molecule has 0 bridgehead atoms. The molecule has 10 heteroatoms. The zero-order valence-electron chi connectivity index (χ0n) is 14.6. The van der Waals surface area contributed by atoms with E-state index >= 15 is 0 Å². The highest BCUT2D eigenvalue weighted by Gasteiger charge is 2.42.